The number of benzene rings is 2. The van der Waals surface area contributed by atoms with Gasteiger partial charge in [-0.2, -0.15) is 5.26 Å². The van der Waals surface area contributed by atoms with E-state index >= 15 is 0 Å². The molecule has 2 aromatic heterocycles. The van der Waals surface area contributed by atoms with Gasteiger partial charge in [-0.3, -0.25) is 4.40 Å². The Labute approximate surface area is 175 Å². The molecule has 0 saturated heterocycles. The van der Waals surface area contributed by atoms with Crippen molar-refractivity contribution in [3.05, 3.63) is 75.8 Å². The van der Waals surface area contributed by atoms with E-state index in [0.717, 1.165) is 45.0 Å². The van der Waals surface area contributed by atoms with Crippen molar-refractivity contribution in [2.75, 3.05) is 5.32 Å². The Bertz CT molecular complexity index is 1230. The van der Waals surface area contributed by atoms with Gasteiger partial charge < -0.3 is 5.32 Å². The smallest absolute Gasteiger partial charge is 0.157 e. The lowest BCUT2D eigenvalue weighted by Gasteiger charge is -2.22. The number of imidazole rings is 1. The van der Waals surface area contributed by atoms with Crippen LogP contribution in [0.1, 0.15) is 42.5 Å². The van der Waals surface area contributed by atoms with Crippen LogP contribution in [0, 0.1) is 18.3 Å². The molecule has 0 bridgehead atoms. The lowest BCUT2D eigenvalue weighted by Crippen LogP contribution is -2.19. The first kappa shape index (κ1) is 19.3. The predicted octanol–water partition coefficient (Wildman–Crippen LogP) is 6.12. The quantitative estimate of drug-likeness (QED) is 0.437. The van der Waals surface area contributed by atoms with Gasteiger partial charge in [0.05, 0.1) is 16.6 Å². The van der Waals surface area contributed by atoms with Gasteiger partial charge in [0.25, 0.3) is 0 Å². The second-order valence-electron chi connectivity index (χ2n) is 7.46. The average molecular weight is 403 g/mol. The number of hydrogen-bond donors (Lipinski definition) is 1. The number of nitriles is 1. The number of hydrogen-bond acceptors (Lipinski definition) is 3. The number of halogens is 1. The maximum Gasteiger partial charge on any atom is 0.157 e. The second-order valence-corrected chi connectivity index (χ2v) is 7.89. The number of nitrogens with one attached hydrogen (secondary N) is 1. The van der Waals surface area contributed by atoms with Crippen molar-refractivity contribution in [2.45, 2.75) is 39.7 Å². The first-order valence-corrected chi connectivity index (χ1v) is 10.2. The van der Waals surface area contributed by atoms with Gasteiger partial charge >= 0.3 is 0 Å². The number of para-hydroxylation sites is 2. The Morgan fingerprint density at radius 3 is 2.59 bits per heavy atom. The summed E-state index contributed by atoms with van der Waals surface area (Å²) in [5.41, 5.74) is 6.45. The molecule has 0 aliphatic heterocycles. The molecule has 1 unspecified atom stereocenters. The highest BCUT2D eigenvalue weighted by Gasteiger charge is 2.21. The summed E-state index contributed by atoms with van der Waals surface area (Å²) in [6.07, 6.45) is 1.70. The van der Waals surface area contributed by atoms with Gasteiger partial charge in [0.15, 0.2) is 5.65 Å². The van der Waals surface area contributed by atoms with Crippen molar-refractivity contribution in [3.8, 4) is 6.07 Å². The minimum absolute atomic E-state index is 0.288. The summed E-state index contributed by atoms with van der Waals surface area (Å²) in [6.45, 7) is 6.35. The molecule has 4 aromatic rings. The SMILES string of the molecule is CCC(C)Nc1c(Cc2ccc(Cl)cc2)c(C)c(C#N)c2nc3ccccc3n12. The predicted molar refractivity (Wildman–Crippen MR) is 120 cm³/mol. The van der Waals surface area contributed by atoms with Crippen LogP contribution in [0.3, 0.4) is 0 Å². The van der Waals surface area contributed by atoms with Crippen molar-refractivity contribution in [2.24, 2.45) is 0 Å². The number of nitrogens with zero attached hydrogens (tertiary/aromatic N) is 3. The van der Waals surface area contributed by atoms with Gasteiger partial charge in [-0.1, -0.05) is 42.8 Å². The first-order chi connectivity index (χ1) is 14.0. The van der Waals surface area contributed by atoms with E-state index in [2.05, 4.69) is 35.7 Å². The van der Waals surface area contributed by atoms with Crippen LogP contribution in [0.5, 0.6) is 0 Å². The summed E-state index contributed by atoms with van der Waals surface area (Å²) in [7, 11) is 0. The number of fused-ring (bicyclic) bond motifs is 3. The van der Waals surface area contributed by atoms with E-state index in [0.29, 0.717) is 17.6 Å². The molecule has 1 N–H and O–H groups in total. The van der Waals surface area contributed by atoms with Gasteiger partial charge in [-0.25, -0.2) is 4.98 Å². The fourth-order valence-corrected chi connectivity index (χ4v) is 3.82. The van der Waals surface area contributed by atoms with Crippen LogP contribution in [-0.4, -0.2) is 15.4 Å². The zero-order chi connectivity index (χ0) is 20.5. The fourth-order valence-electron chi connectivity index (χ4n) is 3.69. The highest BCUT2D eigenvalue weighted by Crippen LogP contribution is 2.33. The summed E-state index contributed by atoms with van der Waals surface area (Å²) in [6, 6.07) is 18.6. The summed E-state index contributed by atoms with van der Waals surface area (Å²) >= 11 is 6.07. The molecule has 4 nitrogen and oxygen atoms in total. The normalized spacial score (nSPS) is 12.2. The van der Waals surface area contributed by atoms with E-state index in [1.807, 2.05) is 49.4 Å². The Balaban J connectivity index is 2.05. The molecule has 4 rings (SSSR count). The molecular formula is C24H23ClN4. The van der Waals surface area contributed by atoms with Gasteiger partial charge in [-0.15, -0.1) is 0 Å². The maximum absolute atomic E-state index is 9.95. The summed E-state index contributed by atoms with van der Waals surface area (Å²) < 4.78 is 2.11. The first-order valence-electron chi connectivity index (χ1n) is 9.87. The minimum Gasteiger partial charge on any atom is -0.368 e. The van der Waals surface area contributed by atoms with Gasteiger partial charge in [0.2, 0.25) is 0 Å². The molecule has 0 amide bonds. The third-order valence-electron chi connectivity index (χ3n) is 5.52. The lowest BCUT2D eigenvalue weighted by atomic mass is 9.97. The molecule has 0 fully saturated rings. The third kappa shape index (κ3) is 3.43. The monoisotopic (exact) mass is 402 g/mol. The van der Waals surface area contributed by atoms with Crippen LogP contribution in [0.2, 0.25) is 5.02 Å². The van der Waals surface area contributed by atoms with Crippen molar-refractivity contribution >= 4 is 34.1 Å². The van der Waals surface area contributed by atoms with Crippen LogP contribution in [0.25, 0.3) is 16.7 Å². The fraction of sp³-hybridized carbons (Fsp3) is 0.250. The van der Waals surface area contributed by atoms with Crippen molar-refractivity contribution < 1.29 is 0 Å². The summed E-state index contributed by atoms with van der Waals surface area (Å²) in [5.74, 6) is 1.01. The Kier molecular flexibility index (Phi) is 5.17. The Morgan fingerprint density at radius 2 is 1.90 bits per heavy atom. The molecule has 5 heteroatoms. The zero-order valence-corrected chi connectivity index (χ0v) is 17.6. The highest BCUT2D eigenvalue weighted by atomic mass is 35.5. The van der Waals surface area contributed by atoms with Crippen LogP contribution < -0.4 is 5.32 Å². The minimum atomic E-state index is 0.288. The van der Waals surface area contributed by atoms with Gasteiger partial charge in [0, 0.05) is 23.0 Å². The van der Waals surface area contributed by atoms with E-state index in [9.17, 15) is 5.26 Å². The Morgan fingerprint density at radius 1 is 1.17 bits per heavy atom. The largest absolute Gasteiger partial charge is 0.368 e. The van der Waals surface area contributed by atoms with Gasteiger partial charge in [0.1, 0.15) is 11.9 Å². The highest BCUT2D eigenvalue weighted by molar-refractivity contribution is 6.30. The molecule has 2 heterocycles. The third-order valence-corrected chi connectivity index (χ3v) is 5.77. The lowest BCUT2D eigenvalue weighted by molar-refractivity contribution is 0.754. The molecule has 0 saturated carbocycles. The standard InChI is InChI=1S/C24H23ClN4/c1-4-15(2)27-23-19(13-17-9-11-18(25)12-10-17)16(3)20(14-26)24-28-21-7-5-6-8-22(21)29(23)24/h5-12,15,27H,4,13H2,1-3H3. The van der Waals surface area contributed by atoms with Crippen molar-refractivity contribution in [1.82, 2.24) is 9.38 Å². The summed E-state index contributed by atoms with van der Waals surface area (Å²) in [4.78, 5) is 4.78. The van der Waals surface area contributed by atoms with Gasteiger partial charge in [-0.05, 0) is 55.7 Å². The van der Waals surface area contributed by atoms with E-state index in [4.69, 9.17) is 16.6 Å². The average Bonchev–Trinajstić information content (AvgIpc) is 3.11. The number of pyridine rings is 1. The van der Waals surface area contributed by atoms with Crippen LogP contribution in [0.4, 0.5) is 5.82 Å². The van der Waals surface area contributed by atoms with E-state index in [1.54, 1.807) is 0 Å². The molecule has 0 aliphatic rings. The zero-order valence-electron chi connectivity index (χ0n) is 16.8. The molecule has 29 heavy (non-hydrogen) atoms. The number of rotatable bonds is 5. The van der Waals surface area contributed by atoms with E-state index < -0.39 is 0 Å². The second kappa shape index (κ2) is 7.77. The number of anilines is 1. The molecule has 1 atom stereocenters. The molecule has 0 aliphatic carbocycles. The molecule has 0 radical (unpaired) electrons. The molecular weight excluding hydrogens is 380 g/mol. The van der Waals surface area contributed by atoms with Crippen molar-refractivity contribution in [1.29, 1.82) is 5.26 Å². The summed E-state index contributed by atoms with van der Waals surface area (Å²) in [5, 5.41) is 14.4. The number of aromatic nitrogens is 2. The van der Waals surface area contributed by atoms with E-state index in [1.165, 1.54) is 0 Å². The molecule has 146 valence electrons. The topological polar surface area (TPSA) is 53.1 Å². The molecule has 2 aromatic carbocycles. The van der Waals surface area contributed by atoms with Crippen molar-refractivity contribution in [3.63, 3.8) is 0 Å². The van der Waals surface area contributed by atoms with E-state index in [-0.39, 0.29) is 6.04 Å². The Hall–Kier alpha value is -3.03. The van der Waals surface area contributed by atoms with Crippen LogP contribution in [-0.2, 0) is 6.42 Å². The molecule has 0 spiro atoms. The maximum atomic E-state index is 9.95. The van der Waals surface area contributed by atoms with Crippen LogP contribution >= 0.6 is 11.6 Å². The van der Waals surface area contributed by atoms with Crippen LogP contribution in [0.15, 0.2) is 48.5 Å².